The predicted molar refractivity (Wildman–Crippen MR) is 257 cm³/mol. The molecule has 4 aromatic carbocycles. The predicted octanol–water partition coefficient (Wildman–Crippen LogP) is 2.12. The minimum atomic E-state index is -5.84. The summed E-state index contributed by atoms with van der Waals surface area (Å²) in [5.74, 6) is 0. The number of rotatable bonds is 8. The third kappa shape index (κ3) is 12.1. The van der Waals surface area contributed by atoms with Crippen LogP contribution in [-0.4, -0.2) is 85.4 Å². The number of fused-ring (bicyclic) bond motifs is 8. The maximum atomic E-state index is 12.1. The Morgan fingerprint density at radius 3 is 0.853 bits per heavy atom. The molecule has 0 saturated heterocycles. The molecule has 0 aliphatic carbocycles. The quantitative estimate of drug-likeness (QED) is 0.0721. The van der Waals surface area contributed by atoms with Crippen molar-refractivity contribution in [1.29, 1.82) is 0 Å². The van der Waals surface area contributed by atoms with Gasteiger partial charge in [-0.3, -0.25) is 22.8 Å². The van der Waals surface area contributed by atoms with Crippen molar-refractivity contribution < 1.29 is 101 Å². The van der Waals surface area contributed by atoms with E-state index in [1.54, 1.807) is 43.4 Å². The van der Waals surface area contributed by atoms with Crippen LogP contribution in [0.1, 0.15) is 45.0 Å². The summed E-state index contributed by atoms with van der Waals surface area (Å²) in [7, 11) is -22.3. The second-order valence-electron chi connectivity index (χ2n) is 15.8. The minimum absolute atomic E-state index is 0. The topological polar surface area (TPSA) is 352 Å². The second-order valence-corrected chi connectivity index (χ2v) is 22.9. The molecule has 8 aromatic rings. The number of nitrogens with one attached hydrogen (secondary N) is 1. The Morgan fingerprint density at radius 1 is 0.400 bits per heavy atom. The Hall–Kier alpha value is -6.70. The molecular formula is C46H35CuF3N4O16S5. The SMILES string of the molecule is Cn1/c2cc/c1=C(\c1ccc(S(=O)(=O)O)cc1)c1ccc([n-]1)/C(c1ccc(S(=O)(=O)O)cc1)=c1/cc/c([nH]1)=C(\c1ccc(S(=O)(=O)O)cc1)c1ccc([n-]1)/C=2c1ccc(S(=O)(=O)O)cc1.O.O=S(=O)(O)C(F)(F)F.[Cu+2]. The molecule has 0 amide bonds. The largest absolute Gasteiger partial charge is 2.00 e. The van der Waals surface area contributed by atoms with E-state index in [2.05, 4.69) is 4.98 Å². The van der Waals surface area contributed by atoms with Crippen molar-refractivity contribution in [2.45, 2.75) is 25.1 Å². The van der Waals surface area contributed by atoms with E-state index in [0.717, 1.165) is 0 Å². The summed E-state index contributed by atoms with van der Waals surface area (Å²) in [5.41, 5.74) is 0.114. The van der Waals surface area contributed by atoms with Crippen LogP contribution in [0.5, 0.6) is 0 Å². The Bertz CT molecular complexity index is 4110. The molecule has 1 aliphatic heterocycles. The number of hydrogen-bond acceptors (Lipinski definition) is 10. The molecule has 0 fully saturated rings. The first-order valence-corrected chi connectivity index (χ1v) is 27.6. The van der Waals surface area contributed by atoms with E-state index < -0.39 is 56.1 Å². The van der Waals surface area contributed by atoms with Gasteiger partial charge in [0.05, 0.1) is 19.6 Å². The van der Waals surface area contributed by atoms with Crippen molar-refractivity contribution in [3.8, 4) is 0 Å². The van der Waals surface area contributed by atoms with Crippen LogP contribution in [0, 0.1) is 0 Å². The molecule has 1 aliphatic rings. The molecular weight excluding hydrogens is 1150 g/mol. The summed E-state index contributed by atoms with van der Waals surface area (Å²) in [6, 6.07) is 36.3. The molecule has 75 heavy (non-hydrogen) atoms. The third-order valence-corrected chi connectivity index (χ3v) is 15.3. The summed E-state index contributed by atoms with van der Waals surface area (Å²) < 4.78 is 195. The van der Waals surface area contributed by atoms with E-state index in [1.807, 2.05) is 16.7 Å². The van der Waals surface area contributed by atoms with Gasteiger partial charge in [0.15, 0.2) is 0 Å². The van der Waals surface area contributed by atoms with Gasteiger partial charge in [0.1, 0.15) is 0 Å². The average Bonchev–Trinajstić information content (AvgIpc) is 4.14. The van der Waals surface area contributed by atoms with E-state index in [1.165, 1.54) is 97.1 Å². The fourth-order valence-electron chi connectivity index (χ4n) is 7.89. The van der Waals surface area contributed by atoms with Crippen molar-refractivity contribution in [2.24, 2.45) is 7.05 Å². The van der Waals surface area contributed by atoms with Gasteiger partial charge in [0, 0.05) is 28.4 Å². The van der Waals surface area contributed by atoms with Gasteiger partial charge in [-0.1, -0.05) is 72.8 Å². The normalized spacial score (nSPS) is 16.2. The van der Waals surface area contributed by atoms with Gasteiger partial charge in [-0.05, 0) is 117 Å². The molecule has 8 bridgehead atoms. The first-order chi connectivity index (χ1) is 33.9. The smallest absolute Gasteiger partial charge is 0.657 e. The van der Waals surface area contributed by atoms with Crippen LogP contribution in [0.3, 0.4) is 0 Å². The number of nitrogens with zero attached hydrogens (tertiary/aromatic N) is 3. The van der Waals surface area contributed by atoms with E-state index in [9.17, 15) is 65.1 Å². The molecule has 1 radical (unpaired) electrons. The van der Waals surface area contributed by atoms with Crippen LogP contribution >= 0.6 is 0 Å². The van der Waals surface area contributed by atoms with Gasteiger partial charge < -0.3 is 25.0 Å². The Balaban J connectivity index is 0.000000846. The van der Waals surface area contributed by atoms with Crippen molar-refractivity contribution >= 4 is 72.9 Å². The van der Waals surface area contributed by atoms with Crippen LogP contribution < -0.4 is 31.4 Å². The maximum Gasteiger partial charge on any atom is 2.00 e. The summed E-state index contributed by atoms with van der Waals surface area (Å²) in [6.45, 7) is 0. The van der Waals surface area contributed by atoms with Crippen LogP contribution in [-0.2, 0) is 74.7 Å². The molecule has 9 rings (SSSR count). The number of halogens is 3. The van der Waals surface area contributed by atoms with Crippen LogP contribution in [0.15, 0.2) is 165 Å². The fourth-order valence-corrected chi connectivity index (χ4v) is 9.81. The Morgan fingerprint density at radius 2 is 0.627 bits per heavy atom. The van der Waals surface area contributed by atoms with Crippen molar-refractivity contribution in [1.82, 2.24) is 19.5 Å². The molecule has 397 valence electrons. The maximum absolute atomic E-state index is 12.1. The number of hydrogen-bond donors (Lipinski definition) is 6. The summed E-state index contributed by atoms with van der Waals surface area (Å²) >= 11 is 0. The van der Waals surface area contributed by atoms with Gasteiger partial charge in [0.2, 0.25) is 0 Å². The Kier molecular flexibility index (Phi) is 16.0. The van der Waals surface area contributed by atoms with Gasteiger partial charge in [-0.15, -0.1) is 22.8 Å². The zero-order chi connectivity index (χ0) is 53.2. The molecule has 20 nitrogen and oxygen atoms in total. The van der Waals surface area contributed by atoms with Crippen LogP contribution in [0.2, 0.25) is 0 Å². The van der Waals surface area contributed by atoms with Crippen LogP contribution in [0.25, 0.3) is 22.3 Å². The first-order valence-electron chi connectivity index (χ1n) is 20.4. The van der Waals surface area contributed by atoms with E-state index in [4.69, 9.17) is 22.9 Å². The molecule has 0 spiro atoms. The van der Waals surface area contributed by atoms with E-state index in [-0.39, 0.29) is 42.1 Å². The fraction of sp³-hybridized carbons (Fsp3) is 0.0435. The monoisotopic (exact) mass is 1180 g/mol. The average molecular weight is 1180 g/mol. The molecule has 0 atom stereocenters. The second kappa shape index (κ2) is 20.8. The zero-order valence-electron chi connectivity index (χ0n) is 37.5. The number of aromatic amines is 1. The van der Waals surface area contributed by atoms with Gasteiger partial charge in [0.25, 0.3) is 40.5 Å². The molecule has 8 N–H and O–H groups in total. The first kappa shape index (κ1) is 57.6. The van der Waals surface area contributed by atoms with Gasteiger partial charge >= 0.3 is 32.7 Å². The van der Waals surface area contributed by atoms with Crippen molar-refractivity contribution in [2.75, 3.05) is 0 Å². The standard InChI is InChI=1S/C45H32N4O12S4.CHF3O3S.Cu.H2O/c1-49-40-24-25-41(49)45(29-8-16-33(17-9-29)65(59,60)61)39-23-21-37(48-39)43(27-4-12-31(13-5-27)63(53,54)55)35-19-18-34(46-35)42(26-2-10-30(11-3-26)62(50,51)52)36-20-22-38(47-36)44(40)28-6-14-32(15-7-28)64(56,57)58;2-1(3,4)8(5,6)7;;/h2-25,46H,1H3,(H,50,51,52)(H,53,54,55)(H,56,57,58)(H,59,60,61);(H,5,6,7);;1H2/q-2;;+2;/b42-34-,42-36?,43-35-,43-37?,44-38?,44-40-,45-39?,45-41-;;;. The van der Waals surface area contributed by atoms with Gasteiger partial charge in [-0.25, -0.2) is 0 Å². The summed E-state index contributed by atoms with van der Waals surface area (Å²) in [4.78, 5) is 12.3. The summed E-state index contributed by atoms with van der Waals surface area (Å²) in [5, 5.41) is 2.12. The van der Waals surface area contributed by atoms with Crippen molar-refractivity contribution in [3.63, 3.8) is 0 Å². The molecule has 0 saturated carbocycles. The number of aromatic nitrogens is 4. The van der Waals surface area contributed by atoms with Crippen molar-refractivity contribution in [3.05, 3.63) is 212 Å². The molecule has 0 unspecified atom stereocenters. The number of H-pyrrole nitrogens is 1. The summed E-state index contributed by atoms with van der Waals surface area (Å²) in [6.07, 6.45) is 0. The van der Waals surface area contributed by atoms with E-state index >= 15 is 0 Å². The number of alkyl halides is 3. The Labute approximate surface area is 434 Å². The molecule has 5 heterocycles. The van der Waals surface area contributed by atoms with Gasteiger partial charge in [-0.2, -0.15) is 55.3 Å². The third-order valence-electron chi connectivity index (χ3n) is 11.2. The zero-order valence-corrected chi connectivity index (χ0v) is 42.5. The minimum Gasteiger partial charge on any atom is -0.657 e. The molecule has 4 aromatic heterocycles. The number of benzene rings is 4. The van der Waals surface area contributed by atoms with Crippen LogP contribution in [0.4, 0.5) is 13.2 Å². The van der Waals surface area contributed by atoms with E-state index in [0.29, 0.717) is 88.7 Å². The molecule has 29 heteroatoms.